The quantitative estimate of drug-likeness (QED) is 0.140. The number of unbranched alkanes of at least 4 members (excludes halogenated alkanes) is 8. The zero-order chi connectivity index (χ0) is 19.4. The van der Waals surface area contributed by atoms with E-state index in [9.17, 15) is 0 Å². The van der Waals surface area contributed by atoms with Crippen molar-refractivity contribution in [2.75, 3.05) is 26.2 Å². The fourth-order valence-electron chi connectivity index (χ4n) is 3.46. The van der Waals surface area contributed by atoms with Gasteiger partial charge in [-0.2, -0.15) is 0 Å². The molecule has 0 aliphatic heterocycles. The van der Waals surface area contributed by atoms with Gasteiger partial charge in [-0.25, -0.2) is 0 Å². The van der Waals surface area contributed by atoms with Gasteiger partial charge in [0.2, 0.25) is 0 Å². The molecule has 0 atom stereocenters. The van der Waals surface area contributed by atoms with E-state index in [4.69, 9.17) is 15.3 Å². The Kier molecular flexibility index (Phi) is 20.6. The zero-order valence-corrected chi connectivity index (χ0v) is 17.4. The fraction of sp³-hybridized carbons (Fsp3) is 1.00. The molecule has 0 aromatic rings. The second-order valence-electron chi connectivity index (χ2n) is 7.29. The molecule has 0 radical (unpaired) electrons. The zero-order valence-electron chi connectivity index (χ0n) is 17.4. The first-order valence-electron chi connectivity index (χ1n) is 10.6. The molecule has 0 saturated carbocycles. The van der Waals surface area contributed by atoms with Crippen molar-refractivity contribution in [3.63, 3.8) is 0 Å². The Morgan fingerprint density at radius 3 is 0.920 bits per heavy atom. The summed E-state index contributed by atoms with van der Waals surface area (Å²) in [6, 6.07) is 0. The Labute approximate surface area is 156 Å². The maximum Gasteiger partial charge on any atom is 0.0786 e. The first kappa shape index (κ1) is 26.4. The van der Waals surface area contributed by atoms with E-state index in [2.05, 4.69) is 27.7 Å². The van der Waals surface area contributed by atoms with Crippen LogP contribution in [-0.2, 0) is 0 Å². The van der Waals surface area contributed by atoms with Gasteiger partial charge >= 0.3 is 0 Å². The summed E-state index contributed by atoms with van der Waals surface area (Å²) in [5.74, 6) is 0. The Balaban J connectivity index is 0. The summed E-state index contributed by atoms with van der Waals surface area (Å²) < 4.78 is 1.44. The van der Waals surface area contributed by atoms with Crippen molar-refractivity contribution in [2.24, 2.45) is 0 Å². The largest absolute Gasteiger partial charge is 0.356 e. The lowest BCUT2D eigenvalue weighted by Crippen LogP contribution is -2.50. The normalized spacial score (nSPS) is 11.0. The molecule has 0 spiro atoms. The van der Waals surface area contributed by atoms with Crippen molar-refractivity contribution < 1.29 is 9.57 Å². The molecule has 0 aromatic heterocycles. The lowest BCUT2D eigenvalue weighted by molar-refractivity contribution is -0.929. The van der Waals surface area contributed by atoms with Gasteiger partial charge in [-0.1, -0.05) is 53.4 Å². The molecular formula is C20H44N2O3. The van der Waals surface area contributed by atoms with Gasteiger partial charge in [0, 0.05) is 0 Å². The van der Waals surface area contributed by atoms with E-state index in [0.717, 1.165) is 0 Å². The fourth-order valence-corrected chi connectivity index (χ4v) is 3.46. The summed E-state index contributed by atoms with van der Waals surface area (Å²) in [6.07, 6.45) is 16.9. The molecule has 0 bridgehead atoms. The molecule has 0 aliphatic carbocycles. The minimum absolute atomic E-state index is 1.36. The van der Waals surface area contributed by atoms with Crippen LogP contribution in [0.4, 0.5) is 0 Å². The molecule has 0 saturated heterocycles. The third-order valence-electron chi connectivity index (χ3n) is 4.94. The van der Waals surface area contributed by atoms with E-state index < -0.39 is 5.09 Å². The smallest absolute Gasteiger partial charge is 0.0786 e. The molecule has 0 fully saturated rings. The lowest BCUT2D eigenvalue weighted by atomic mass is 10.1. The standard InChI is InChI=1S/C20H44N.NO3/c1-5-9-13-17-21(18-14-10-6-2,19-15-11-7-3)20-16-12-8-4;2-1(3)4/h5-20H2,1-4H3;/q+1;-1. The molecule has 0 heterocycles. The Hall–Kier alpha value is -0.840. The molecule has 0 aliphatic rings. The average molecular weight is 361 g/mol. The average Bonchev–Trinajstić information content (AvgIpc) is 2.55. The van der Waals surface area contributed by atoms with E-state index in [1.807, 2.05) is 0 Å². The number of hydrogen-bond donors (Lipinski definition) is 0. The van der Waals surface area contributed by atoms with Crippen LogP contribution < -0.4 is 0 Å². The van der Waals surface area contributed by atoms with Gasteiger partial charge in [0.1, 0.15) is 0 Å². The predicted molar refractivity (Wildman–Crippen MR) is 108 cm³/mol. The molecule has 0 rings (SSSR count). The van der Waals surface area contributed by atoms with Crippen LogP contribution in [0.25, 0.3) is 0 Å². The first-order chi connectivity index (χ1) is 12.0. The third-order valence-corrected chi connectivity index (χ3v) is 4.94. The maximum atomic E-state index is 8.25. The van der Waals surface area contributed by atoms with Crippen LogP contribution in [-0.4, -0.2) is 35.7 Å². The number of nitrogens with zero attached hydrogens (tertiary/aromatic N) is 2. The molecule has 25 heavy (non-hydrogen) atoms. The maximum absolute atomic E-state index is 8.25. The molecule has 5 nitrogen and oxygen atoms in total. The monoisotopic (exact) mass is 360 g/mol. The Morgan fingerprint density at radius 1 is 0.560 bits per heavy atom. The van der Waals surface area contributed by atoms with E-state index in [1.165, 1.54) is 108 Å². The summed E-state index contributed by atoms with van der Waals surface area (Å²) >= 11 is 0. The van der Waals surface area contributed by atoms with Gasteiger partial charge < -0.3 is 19.8 Å². The van der Waals surface area contributed by atoms with Crippen LogP contribution in [0.2, 0.25) is 0 Å². The van der Waals surface area contributed by atoms with Crippen molar-refractivity contribution in [1.82, 2.24) is 0 Å². The highest BCUT2D eigenvalue weighted by atomic mass is 16.9. The molecule has 5 heteroatoms. The summed E-state index contributed by atoms with van der Waals surface area (Å²) in [4.78, 5) is 8.25. The molecule has 0 unspecified atom stereocenters. The third kappa shape index (κ3) is 19.3. The van der Waals surface area contributed by atoms with Crippen molar-refractivity contribution in [1.29, 1.82) is 0 Å². The number of hydrogen-bond acceptors (Lipinski definition) is 3. The van der Waals surface area contributed by atoms with Crippen LogP contribution in [0.3, 0.4) is 0 Å². The van der Waals surface area contributed by atoms with Crippen molar-refractivity contribution >= 4 is 0 Å². The minimum Gasteiger partial charge on any atom is -0.356 e. The number of rotatable bonds is 16. The summed E-state index contributed by atoms with van der Waals surface area (Å²) in [7, 11) is 0. The highest BCUT2D eigenvalue weighted by molar-refractivity contribution is 4.51. The van der Waals surface area contributed by atoms with E-state index in [1.54, 1.807) is 0 Å². The van der Waals surface area contributed by atoms with Gasteiger partial charge in [-0.05, 0) is 51.4 Å². The summed E-state index contributed by atoms with van der Waals surface area (Å²) in [5, 5.41) is 14.8. The van der Waals surface area contributed by atoms with E-state index in [0.29, 0.717) is 0 Å². The second kappa shape index (κ2) is 19.5. The molecule has 152 valence electrons. The van der Waals surface area contributed by atoms with Crippen LogP contribution in [0.15, 0.2) is 0 Å². The summed E-state index contributed by atoms with van der Waals surface area (Å²) in [6.45, 7) is 15.1. The Bertz CT molecular complexity index is 237. The lowest BCUT2D eigenvalue weighted by Gasteiger charge is -2.39. The van der Waals surface area contributed by atoms with E-state index >= 15 is 0 Å². The minimum atomic E-state index is -1.75. The van der Waals surface area contributed by atoms with Gasteiger partial charge in [-0.15, -0.1) is 0 Å². The topological polar surface area (TPSA) is 66.2 Å². The molecule has 0 aromatic carbocycles. The van der Waals surface area contributed by atoms with Gasteiger partial charge in [0.25, 0.3) is 0 Å². The first-order valence-corrected chi connectivity index (χ1v) is 10.6. The van der Waals surface area contributed by atoms with Crippen LogP contribution in [0, 0.1) is 15.3 Å². The van der Waals surface area contributed by atoms with Crippen molar-refractivity contribution in [3.8, 4) is 0 Å². The second-order valence-corrected chi connectivity index (χ2v) is 7.29. The van der Waals surface area contributed by atoms with Crippen LogP contribution in [0.5, 0.6) is 0 Å². The van der Waals surface area contributed by atoms with Gasteiger partial charge in [0.05, 0.1) is 31.3 Å². The van der Waals surface area contributed by atoms with Gasteiger partial charge in [-0.3, -0.25) is 0 Å². The van der Waals surface area contributed by atoms with E-state index in [-0.39, 0.29) is 0 Å². The highest BCUT2D eigenvalue weighted by Crippen LogP contribution is 2.18. The van der Waals surface area contributed by atoms with Crippen LogP contribution >= 0.6 is 0 Å². The predicted octanol–water partition coefficient (Wildman–Crippen LogP) is 6.32. The summed E-state index contributed by atoms with van der Waals surface area (Å²) in [5.41, 5.74) is 0. The Morgan fingerprint density at radius 2 is 0.760 bits per heavy atom. The molecule has 0 N–H and O–H groups in total. The van der Waals surface area contributed by atoms with Crippen LogP contribution in [0.1, 0.15) is 105 Å². The highest BCUT2D eigenvalue weighted by Gasteiger charge is 2.25. The molecular weight excluding hydrogens is 316 g/mol. The van der Waals surface area contributed by atoms with Gasteiger partial charge in [0.15, 0.2) is 0 Å². The molecule has 0 amide bonds. The van der Waals surface area contributed by atoms with Crippen molar-refractivity contribution in [3.05, 3.63) is 15.3 Å². The SMILES string of the molecule is CCCCC[N+](CCCCC)(CCCCC)CCCCC.O=[N+]([O-])[O-]. The number of quaternary nitrogens is 1. The van der Waals surface area contributed by atoms with Crippen molar-refractivity contribution in [2.45, 2.75) is 105 Å².